The Hall–Kier alpha value is -1.29. The fraction of sp³-hybridized carbons (Fsp3) is 0.538. The van der Waals surface area contributed by atoms with Gasteiger partial charge in [-0.1, -0.05) is 20.8 Å². The maximum absolute atomic E-state index is 11.8. The Labute approximate surface area is 112 Å². The second kappa shape index (κ2) is 6.05. The predicted octanol–water partition coefficient (Wildman–Crippen LogP) is 2.56. The first-order valence-corrected chi connectivity index (χ1v) is 6.28. The minimum absolute atomic E-state index is 0.121. The summed E-state index contributed by atoms with van der Waals surface area (Å²) in [6, 6.07) is 1.47. The van der Waals surface area contributed by atoms with E-state index < -0.39 is 0 Å². The van der Waals surface area contributed by atoms with Gasteiger partial charge in [-0.05, 0) is 17.9 Å². The molecule has 5 heteroatoms. The van der Waals surface area contributed by atoms with Crippen molar-refractivity contribution in [2.45, 2.75) is 32.6 Å². The van der Waals surface area contributed by atoms with E-state index in [-0.39, 0.29) is 28.0 Å². The lowest BCUT2D eigenvalue weighted by atomic mass is 9.90. The van der Waals surface area contributed by atoms with Gasteiger partial charge in [-0.15, -0.1) is 11.6 Å². The van der Waals surface area contributed by atoms with Crippen LogP contribution in [0.5, 0.6) is 5.75 Å². The molecule has 0 saturated heterocycles. The number of hydrogen-bond acceptors (Lipinski definition) is 3. The Bertz CT molecular complexity index is 416. The molecular weight excluding hydrogens is 252 g/mol. The minimum Gasteiger partial charge on any atom is -0.505 e. The van der Waals surface area contributed by atoms with Gasteiger partial charge in [-0.3, -0.25) is 9.78 Å². The van der Waals surface area contributed by atoms with Gasteiger partial charge in [0.05, 0.1) is 17.1 Å². The average Bonchev–Trinajstić information content (AvgIpc) is 2.24. The number of carbonyl (C=O) groups is 1. The third-order valence-electron chi connectivity index (χ3n) is 2.36. The number of aromatic nitrogens is 1. The molecule has 0 bridgehead atoms. The highest BCUT2D eigenvalue weighted by Gasteiger charge is 2.18. The first-order valence-electron chi connectivity index (χ1n) is 5.85. The maximum Gasteiger partial charge on any atom is 0.255 e. The fourth-order valence-electron chi connectivity index (χ4n) is 1.61. The summed E-state index contributed by atoms with van der Waals surface area (Å²) < 4.78 is 0. The molecule has 0 aromatic carbocycles. The van der Waals surface area contributed by atoms with Crippen molar-refractivity contribution in [2.75, 3.05) is 6.54 Å². The van der Waals surface area contributed by atoms with Gasteiger partial charge in [0, 0.05) is 12.7 Å². The number of carbonyl (C=O) groups excluding carboxylic acids is 1. The van der Waals surface area contributed by atoms with Gasteiger partial charge < -0.3 is 10.4 Å². The van der Waals surface area contributed by atoms with Gasteiger partial charge >= 0.3 is 0 Å². The lowest BCUT2D eigenvalue weighted by molar-refractivity contribution is 0.0949. The van der Waals surface area contributed by atoms with E-state index in [4.69, 9.17) is 11.6 Å². The zero-order valence-electron chi connectivity index (χ0n) is 10.9. The van der Waals surface area contributed by atoms with Crippen molar-refractivity contribution in [1.82, 2.24) is 10.3 Å². The number of halogens is 1. The normalized spacial score (nSPS) is 13.1. The largest absolute Gasteiger partial charge is 0.505 e. The quantitative estimate of drug-likeness (QED) is 0.827. The average molecular weight is 271 g/mol. The molecule has 1 aromatic heterocycles. The third kappa shape index (κ3) is 4.92. The molecule has 1 amide bonds. The molecule has 0 aliphatic carbocycles. The highest BCUT2D eigenvalue weighted by atomic mass is 35.5. The molecule has 0 fully saturated rings. The van der Waals surface area contributed by atoms with Crippen molar-refractivity contribution in [2.24, 2.45) is 5.41 Å². The summed E-state index contributed by atoms with van der Waals surface area (Å²) in [7, 11) is 0. The zero-order valence-corrected chi connectivity index (χ0v) is 11.7. The number of nitrogens with zero attached hydrogens (tertiary/aromatic N) is 1. The van der Waals surface area contributed by atoms with E-state index in [9.17, 15) is 9.90 Å². The molecular formula is C13H19ClN2O2. The Balaban J connectivity index is 2.50. The first-order chi connectivity index (χ1) is 8.29. The smallest absolute Gasteiger partial charge is 0.255 e. The molecule has 1 heterocycles. The van der Waals surface area contributed by atoms with E-state index in [0.717, 1.165) is 6.42 Å². The number of amides is 1. The molecule has 0 radical (unpaired) electrons. The van der Waals surface area contributed by atoms with Crippen LogP contribution in [0.1, 0.15) is 37.6 Å². The van der Waals surface area contributed by atoms with Gasteiger partial charge in [-0.25, -0.2) is 0 Å². The molecule has 0 spiro atoms. The molecule has 0 saturated carbocycles. The third-order valence-corrected chi connectivity index (χ3v) is 2.67. The van der Waals surface area contributed by atoms with E-state index in [1.54, 1.807) is 0 Å². The number of hydrogen-bond donors (Lipinski definition) is 2. The monoisotopic (exact) mass is 270 g/mol. The summed E-state index contributed by atoms with van der Waals surface area (Å²) in [6.07, 6.45) is 3.50. The van der Waals surface area contributed by atoms with Crippen LogP contribution < -0.4 is 5.32 Å². The summed E-state index contributed by atoms with van der Waals surface area (Å²) in [4.78, 5) is 15.5. The van der Waals surface area contributed by atoms with Crippen LogP contribution >= 0.6 is 11.6 Å². The summed E-state index contributed by atoms with van der Waals surface area (Å²) in [5.41, 5.74) is 0.334. The van der Waals surface area contributed by atoms with Crippen molar-refractivity contribution in [1.29, 1.82) is 0 Å². The topological polar surface area (TPSA) is 62.2 Å². The predicted molar refractivity (Wildman–Crippen MR) is 71.9 cm³/mol. The van der Waals surface area contributed by atoms with Gasteiger partial charge in [-0.2, -0.15) is 0 Å². The van der Waals surface area contributed by atoms with Crippen LogP contribution in [0, 0.1) is 5.41 Å². The Morgan fingerprint density at radius 2 is 2.22 bits per heavy atom. The van der Waals surface area contributed by atoms with Crippen molar-refractivity contribution in [3.63, 3.8) is 0 Å². The van der Waals surface area contributed by atoms with Crippen molar-refractivity contribution < 1.29 is 9.90 Å². The van der Waals surface area contributed by atoms with E-state index in [1.807, 2.05) is 0 Å². The minimum atomic E-state index is -0.338. The fourth-order valence-corrected chi connectivity index (χ4v) is 2.15. The van der Waals surface area contributed by atoms with Crippen LogP contribution in [0.2, 0.25) is 0 Å². The van der Waals surface area contributed by atoms with Crippen molar-refractivity contribution in [3.05, 3.63) is 24.0 Å². The van der Waals surface area contributed by atoms with E-state index in [1.165, 1.54) is 18.5 Å². The van der Waals surface area contributed by atoms with Crippen LogP contribution in [0.25, 0.3) is 0 Å². The molecule has 1 rings (SSSR count). The van der Waals surface area contributed by atoms with Crippen molar-refractivity contribution >= 4 is 17.5 Å². The summed E-state index contributed by atoms with van der Waals surface area (Å²) >= 11 is 6.15. The van der Waals surface area contributed by atoms with Gasteiger partial charge in [0.15, 0.2) is 0 Å². The molecule has 1 unspecified atom stereocenters. The molecule has 4 nitrogen and oxygen atoms in total. The lowest BCUT2D eigenvalue weighted by Gasteiger charge is -2.22. The van der Waals surface area contributed by atoms with Crippen LogP contribution in [-0.4, -0.2) is 27.9 Å². The lowest BCUT2D eigenvalue weighted by Crippen LogP contribution is -2.31. The molecule has 100 valence electrons. The number of rotatable bonds is 4. The van der Waals surface area contributed by atoms with E-state index >= 15 is 0 Å². The maximum atomic E-state index is 11.8. The van der Waals surface area contributed by atoms with E-state index in [2.05, 4.69) is 31.1 Å². The van der Waals surface area contributed by atoms with Crippen LogP contribution in [0.4, 0.5) is 0 Å². The number of aromatic hydroxyl groups is 1. The molecule has 1 aromatic rings. The molecule has 18 heavy (non-hydrogen) atoms. The molecule has 0 aliphatic heterocycles. The standard InChI is InChI=1S/C13H19ClN2O2/c1-13(2,3)6-9(14)7-16-12(18)10-4-5-15-8-11(10)17/h4-5,8-9,17H,6-7H2,1-3H3,(H,16,18). The highest BCUT2D eigenvalue weighted by molar-refractivity contribution is 6.21. The van der Waals surface area contributed by atoms with E-state index in [0.29, 0.717) is 6.54 Å². The molecule has 1 atom stereocenters. The second-order valence-corrected chi connectivity index (χ2v) is 6.08. The Morgan fingerprint density at radius 1 is 1.56 bits per heavy atom. The summed E-state index contributed by atoms with van der Waals surface area (Å²) in [5.74, 6) is -0.466. The number of pyridine rings is 1. The Morgan fingerprint density at radius 3 is 2.78 bits per heavy atom. The zero-order chi connectivity index (χ0) is 13.8. The highest BCUT2D eigenvalue weighted by Crippen LogP contribution is 2.23. The molecule has 0 aliphatic rings. The van der Waals surface area contributed by atoms with Gasteiger partial charge in [0.25, 0.3) is 5.91 Å². The van der Waals surface area contributed by atoms with Crippen molar-refractivity contribution in [3.8, 4) is 5.75 Å². The SMILES string of the molecule is CC(C)(C)CC(Cl)CNC(=O)c1ccncc1O. The molecule has 2 N–H and O–H groups in total. The van der Waals surface area contributed by atoms with Crippen LogP contribution in [0.3, 0.4) is 0 Å². The first kappa shape index (κ1) is 14.8. The van der Waals surface area contributed by atoms with Gasteiger partial charge in [0.2, 0.25) is 0 Å². The van der Waals surface area contributed by atoms with Crippen LogP contribution in [0.15, 0.2) is 18.5 Å². The van der Waals surface area contributed by atoms with Crippen LogP contribution in [-0.2, 0) is 0 Å². The number of alkyl halides is 1. The van der Waals surface area contributed by atoms with Gasteiger partial charge in [0.1, 0.15) is 5.75 Å². The number of nitrogens with one attached hydrogen (secondary N) is 1. The summed E-state index contributed by atoms with van der Waals surface area (Å²) in [5, 5.41) is 12.1. The summed E-state index contributed by atoms with van der Waals surface area (Å²) in [6.45, 7) is 6.66. The Kier molecular flexibility index (Phi) is 4.96. The second-order valence-electron chi connectivity index (χ2n) is 5.46.